The van der Waals surface area contributed by atoms with E-state index in [4.69, 9.17) is 4.74 Å². The summed E-state index contributed by atoms with van der Waals surface area (Å²) in [4.78, 5) is 0. The van der Waals surface area contributed by atoms with Gasteiger partial charge < -0.3 is 4.74 Å². The van der Waals surface area contributed by atoms with Crippen molar-refractivity contribution in [1.82, 2.24) is 4.72 Å². The van der Waals surface area contributed by atoms with E-state index in [1.54, 1.807) is 0 Å². The zero-order valence-electron chi connectivity index (χ0n) is 10.4. The lowest BCUT2D eigenvalue weighted by Gasteiger charge is -2.06. The van der Waals surface area contributed by atoms with E-state index in [2.05, 4.69) is 4.72 Å². The van der Waals surface area contributed by atoms with Gasteiger partial charge in [-0.2, -0.15) is 0 Å². The molecule has 0 aliphatic rings. The molecule has 6 heteroatoms. The van der Waals surface area contributed by atoms with Gasteiger partial charge in [0.25, 0.3) is 0 Å². The van der Waals surface area contributed by atoms with Crippen molar-refractivity contribution in [2.24, 2.45) is 0 Å². The molecule has 0 aliphatic carbocycles. The molecule has 18 heavy (non-hydrogen) atoms. The van der Waals surface area contributed by atoms with Crippen LogP contribution in [0.15, 0.2) is 24.3 Å². The van der Waals surface area contributed by atoms with Crippen molar-refractivity contribution >= 4 is 10.0 Å². The molecule has 1 aromatic rings. The van der Waals surface area contributed by atoms with Gasteiger partial charge in [-0.05, 0) is 31.0 Å². The van der Waals surface area contributed by atoms with Crippen LogP contribution in [0, 0.1) is 5.82 Å². The Morgan fingerprint density at radius 3 is 2.56 bits per heavy atom. The first kappa shape index (κ1) is 15.1. The van der Waals surface area contributed by atoms with Crippen LogP contribution < -0.4 is 4.72 Å². The van der Waals surface area contributed by atoms with Crippen molar-refractivity contribution in [3.63, 3.8) is 0 Å². The van der Waals surface area contributed by atoms with E-state index in [1.807, 2.05) is 6.92 Å². The first-order valence-electron chi connectivity index (χ1n) is 5.83. The Bertz CT molecular complexity index is 445. The molecular weight excluding hydrogens is 257 g/mol. The minimum atomic E-state index is -3.36. The zero-order chi connectivity index (χ0) is 13.4. The second kappa shape index (κ2) is 7.45. The van der Waals surface area contributed by atoms with Gasteiger partial charge in [0.1, 0.15) is 5.82 Å². The molecule has 1 rings (SSSR count). The Morgan fingerprint density at radius 1 is 1.28 bits per heavy atom. The van der Waals surface area contributed by atoms with Crippen LogP contribution in [0.4, 0.5) is 4.39 Å². The second-order valence-electron chi connectivity index (χ2n) is 3.83. The van der Waals surface area contributed by atoms with Crippen LogP contribution in [0.1, 0.15) is 18.9 Å². The van der Waals surface area contributed by atoms with Crippen LogP contribution in [-0.2, 0) is 20.5 Å². The normalized spacial score (nSPS) is 11.7. The fourth-order valence-electron chi connectivity index (χ4n) is 1.40. The molecule has 4 nitrogen and oxygen atoms in total. The molecule has 0 fully saturated rings. The number of sulfonamides is 1. The standard InChI is InChI=1S/C12H18FNO3S/c1-2-17-9-3-8-14-18(15,16)10-11-4-6-12(13)7-5-11/h4-7,14H,2-3,8-10H2,1H3. The number of ether oxygens (including phenoxy) is 1. The highest BCUT2D eigenvalue weighted by molar-refractivity contribution is 7.88. The average Bonchev–Trinajstić information content (AvgIpc) is 2.31. The molecule has 1 aromatic carbocycles. The van der Waals surface area contributed by atoms with E-state index in [9.17, 15) is 12.8 Å². The highest BCUT2D eigenvalue weighted by Crippen LogP contribution is 2.06. The van der Waals surface area contributed by atoms with Gasteiger partial charge in [0.15, 0.2) is 0 Å². The SMILES string of the molecule is CCOCCCNS(=O)(=O)Cc1ccc(F)cc1. The third-order valence-electron chi connectivity index (χ3n) is 2.26. The van der Waals surface area contributed by atoms with E-state index in [-0.39, 0.29) is 11.6 Å². The Hall–Kier alpha value is -0.980. The Labute approximate surface area is 107 Å². The molecule has 0 saturated carbocycles. The number of hydrogen-bond acceptors (Lipinski definition) is 3. The minimum Gasteiger partial charge on any atom is -0.382 e. The first-order valence-corrected chi connectivity index (χ1v) is 7.48. The Morgan fingerprint density at radius 2 is 1.94 bits per heavy atom. The highest BCUT2D eigenvalue weighted by Gasteiger charge is 2.10. The molecule has 102 valence electrons. The van der Waals surface area contributed by atoms with Gasteiger partial charge in [0.05, 0.1) is 5.75 Å². The molecule has 0 radical (unpaired) electrons. The molecule has 0 spiro atoms. The fraction of sp³-hybridized carbons (Fsp3) is 0.500. The maximum Gasteiger partial charge on any atom is 0.215 e. The van der Waals surface area contributed by atoms with Crippen molar-refractivity contribution in [2.75, 3.05) is 19.8 Å². The number of nitrogens with one attached hydrogen (secondary N) is 1. The van der Waals surface area contributed by atoms with E-state index < -0.39 is 10.0 Å². The molecule has 0 bridgehead atoms. The minimum absolute atomic E-state index is 0.137. The number of halogens is 1. The van der Waals surface area contributed by atoms with Gasteiger partial charge in [0, 0.05) is 19.8 Å². The van der Waals surface area contributed by atoms with Crippen molar-refractivity contribution in [1.29, 1.82) is 0 Å². The summed E-state index contributed by atoms with van der Waals surface area (Å²) in [5.41, 5.74) is 0.564. The number of rotatable bonds is 8. The van der Waals surface area contributed by atoms with Crippen LogP contribution in [0.3, 0.4) is 0 Å². The largest absolute Gasteiger partial charge is 0.382 e. The van der Waals surface area contributed by atoms with E-state index in [0.29, 0.717) is 31.7 Å². The van der Waals surface area contributed by atoms with Crippen molar-refractivity contribution in [2.45, 2.75) is 19.1 Å². The predicted octanol–water partition coefficient (Wildman–Crippen LogP) is 1.67. The lowest BCUT2D eigenvalue weighted by Crippen LogP contribution is -2.26. The third kappa shape index (κ3) is 6.09. The van der Waals surface area contributed by atoms with Gasteiger partial charge >= 0.3 is 0 Å². The molecule has 0 unspecified atom stereocenters. The Kier molecular flexibility index (Phi) is 6.24. The van der Waals surface area contributed by atoms with Crippen LogP contribution >= 0.6 is 0 Å². The van der Waals surface area contributed by atoms with Gasteiger partial charge in [-0.25, -0.2) is 17.5 Å². The number of benzene rings is 1. The van der Waals surface area contributed by atoms with Gasteiger partial charge in [-0.1, -0.05) is 12.1 Å². The molecule has 0 aromatic heterocycles. The maximum absolute atomic E-state index is 12.7. The van der Waals surface area contributed by atoms with Gasteiger partial charge in [-0.15, -0.1) is 0 Å². The predicted molar refractivity (Wildman–Crippen MR) is 68.1 cm³/mol. The molecule has 0 aliphatic heterocycles. The third-order valence-corrected chi connectivity index (χ3v) is 3.62. The molecule has 0 saturated heterocycles. The summed E-state index contributed by atoms with van der Waals surface area (Å²) in [6, 6.07) is 5.43. The number of hydrogen-bond donors (Lipinski definition) is 1. The quantitative estimate of drug-likeness (QED) is 0.734. The lowest BCUT2D eigenvalue weighted by atomic mass is 10.2. The highest BCUT2D eigenvalue weighted by atomic mass is 32.2. The van der Waals surface area contributed by atoms with Crippen LogP contribution in [0.5, 0.6) is 0 Å². The van der Waals surface area contributed by atoms with E-state index >= 15 is 0 Å². The van der Waals surface area contributed by atoms with Crippen molar-refractivity contribution in [3.05, 3.63) is 35.6 Å². The van der Waals surface area contributed by atoms with E-state index in [0.717, 1.165) is 0 Å². The fourth-order valence-corrected chi connectivity index (χ4v) is 2.59. The zero-order valence-corrected chi connectivity index (χ0v) is 11.2. The second-order valence-corrected chi connectivity index (χ2v) is 5.64. The monoisotopic (exact) mass is 275 g/mol. The molecule has 0 atom stereocenters. The van der Waals surface area contributed by atoms with Crippen molar-refractivity contribution < 1.29 is 17.5 Å². The summed E-state index contributed by atoms with van der Waals surface area (Å²) >= 11 is 0. The molecule has 0 heterocycles. The molecular formula is C12H18FNO3S. The lowest BCUT2D eigenvalue weighted by molar-refractivity contribution is 0.146. The molecule has 0 amide bonds. The van der Waals surface area contributed by atoms with Gasteiger partial charge in [-0.3, -0.25) is 0 Å². The summed E-state index contributed by atoms with van der Waals surface area (Å²) in [5.74, 6) is -0.511. The smallest absolute Gasteiger partial charge is 0.215 e. The van der Waals surface area contributed by atoms with Crippen LogP contribution in [0.25, 0.3) is 0 Å². The van der Waals surface area contributed by atoms with Gasteiger partial charge in [0.2, 0.25) is 10.0 Å². The first-order chi connectivity index (χ1) is 8.53. The summed E-state index contributed by atoms with van der Waals surface area (Å²) in [6.45, 7) is 3.40. The average molecular weight is 275 g/mol. The van der Waals surface area contributed by atoms with Crippen LogP contribution in [0.2, 0.25) is 0 Å². The summed E-state index contributed by atoms with van der Waals surface area (Å²) in [6.07, 6.45) is 0.635. The van der Waals surface area contributed by atoms with E-state index in [1.165, 1.54) is 24.3 Å². The molecule has 1 N–H and O–H groups in total. The topological polar surface area (TPSA) is 55.4 Å². The summed E-state index contributed by atoms with van der Waals surface area (Å²) in [5, 5.41) is 0. The maximum atomic E-state index is 12.7. The summed E-state index contributed by atoms with van der Waals surface area (Å²) in [7, 11) is -3.36. The van der Waals surface area contributed by atoms with Crippen molar-refractivity contribution in [3.8, 4) is 0 Å². The Balaban J connectivity index is 2.37. The summed E-state index contributed by atoms with van der Waals surface area (Å²) < 4.78 is 43.6. The van der Waals surface area contributed by atoms with Crippen LogP contribution in [-0.4, -0.2) is 28.2 Å².